The molecule has 0 aliphatic heterocycles. The molecule has 1 amide bonds. The molecule has 0 bridgehead atoms. The smallest absolute Gasteiger partial charge is 0.322 e. The summed E-state index contributed by atoms with van der Waals surface area (Å²) in [5.41, 5.74) is 1.03. The summed E-state index contributed by atoms with van der Waals surface area (Å²) in [6, 6.07) is 8.91. The Balaban J connectivity index is 1.69. The second-order valence-electron chi connectivity index (χ2n) is 4.88. The van der Waals surface area contributed by atoms with Crippen molar-refractivity contribution in [1.82, 2.24) is 20.0 Å². The van der Waals surface area contributed by atoms with Gasteiger partial charge in [0.1, 0.15) is 5.75 Å². The molecular weight excluding hydrogens is 310 g/mol. The zero-order valence-corrected chi connectivity index (χ0v) is 13.4. The SMILES string of the molecule is CCOc1ccc(-c2nnc(NC(=O)c3ccn(CC)n3)o2)cc1. The van der Waals surface area contributed by atoms with Crippen molar-refractivity contribution in [2.24, 2.45) is 0 Å². The second kappa shape index (κ2) is 6.95. The van der Waals surface area contributed by atoms with Crippen LogP contribution in [-0.4, -0.2) is 32.5 Å². The van der Waals surface area contributed by atoms with E-state index in [-0.39, 0.29) is 11.7 Å². The molecule has 0 saturated heterocycles. The van der Waals surface area contributed by atoms with Crippen LogP contribution in [0.3, 0.4) is 0 Å². The van der Waals surface area contributed by atoms with Gasteiger partial charge >= 0.3 is 6.01 Å². The molecule has 2 aromatic heterocycles. The van der Waals surface area contributed by atoms with E-state index in [4.69, 9.17) is 9.15 Å². The number of carbonyl (C=O) groups excluding carboxylic acids is 1. The molecule has 1 aromatic carbocycles. The van der Waals surface area contributed by atoms with Crippen molar-refractivity contribution in [1.29, 1.82) is 0 Å². The van der Waals surface area contributed by atoms with Crippen molar-refractivity contribution in [2.45, 2.75) is 20.4 Å². The Bertz CT molecular complexity index is 822. The second-order valence-corrected chi connectivity index (χ2v) is 4.88. The molecule has 3 rings (SSSR count). The maximum Gasteiger partial charge on any atom is 0.322 e. The molecule has 0 spiro atoms. The van der Waals surface area contributed by atoms with E-state index in [1.165, 1.54) is 0 Å². The molecule has 0 unspecified atom stereocenters. The van der Waals surface area contributed by atoms with Crippen LogP contribution in [0.4, 0.5) is 6.01 Å². The molecule has 8 nitrogen and oxygen atoms in total. The lowest BCUT2D eigenvalue weighted by atomic mass is 10.2. The molecule has 24 heavy (non-hydrogen) atoms. The lowest BCUT2D eigenvalue weighted by molar-refractivity contribution is 0.101. The Morgan fingerprint density at radius 1 is 1.21 bits per heavy atom. The zero-order chi connectivity index (χ0) is 16.9. The highest BCUT2D eigenvalue weighted by atomic mass is 16.5. The van der Waals surface area contributed by atoms with Gasteiger partial charge in [0.25, 0.3) is 5.91 Å². The Morgan fingerprint density at radius 3 is 2.67 bits per heavy atom. The van der Waals surface area contributed by atoms with E-state index in [9.17, 15) is 4.79 Å². The van der Waals surface area contributed by atoms with E-state index in [2.05, 4.69) is 20.6 Å². The molecule has 3 aromatic rings. The van der Waals surface area contributed by atoms with Crippen molar-refractivity contribution in [3.63, 3.8) is 0 Å². The standard InChI is InChI=1S/C16H17N5O3/c1-3-21-10-9-13(20-21)14(22)17-16-19-18-15(24-16)11-5-7-12(8-6-11)23-4-2/h5-10H,3-4H2,1-2H3,(H,17,19,22). The number of amides is 1. The van der Waals surface area contributed by atoms with E-state index >= 15 is 0 Å². The highest BCUT2D eigenvalue weighted by Crippen LogP contribution is 2.22. The molecule has 0 aliphatic carbocycles. The van der Waals surface area contributed by atoms with Crippen LogP contribution in [0.5, 0.6) is 5.75 Å². The summed E-state index contributed by atoms with van der Waals surface area (Å²) < 4.78 is 12.5. The Hall–Kier alpha value is -3.16. The van der Waals surface area contributed by atoms with Gasteiger partial charge < -0.3 is 9.15 Å². The largest absolute Gasteiger partial charge is 0.494 e. The van der Waals surface area contributed by atoms with Gasteiger partial charge in [-0.3, -0.25) is 14.8 Å². The maximum absolute atomic E-state index is 12.1. The predicted octanol–water partition coefficient (Wildman–Crippen LogP) is 2.60. The van der Waals surface area contributed by atoms with Gasteiger partial charge in [0.2, 0.25) is 5.89 Å². The number of hydrogen-bond donors (Lipinski definition) is 1. The number of anilines is 1. The Kier molecular flexibility index (Phi) is 4.55. The molecule has 0 radical (unpaired) electrons. The van der Waals surface area contributed by atoms with E-state index in [1.807, 2.05) is 38.1 Å². The van der Waals surface area contributed by atoms with Crippen molar-refractivity contribution >= 4 is 11.9 Å². The first-order valence-corrected chi connectivity index (χ1v) is 7.61. The van der Waals surface area contributed by atoms with Gasteiger partial charge in [-0.05, 0) is 44.2 Å². The van der Waals surface area contributed by atoms with E-state index < -0.39 is 5.91 Å². The van der Waals surface area contributed by atoms with Gasteiger partial charge in [0.05, 0.1) is 6.61 Å². The highest BCUT2D eigenvalue weighted by Gasteiger charge is 2.14. The zero-order valence-electron chi connectivity index (χ0n) is 13.4. The molecule has 2 heterocycles. The monoisotopic (exact) mass is 327 g/mol. The van der Waals surface area contributed by atoms with Gasteiger partial charge in [-0.2, -0.15) is 5.10 Å². The van der Waals surface area contributed by atoms with E-state index in [0.717, 1.165) is 11.3 Å². The molecule has 0 fully saturated rings. The number of hydrogen-bond acceptors (Lipinski definition) is 6. The highest BCUT2D eigenvalue weighted by molar-refractivity contribution is 6.01. The number of nitrogens with zero attached hydrogens (tertiary/aromatic N) is 4. The molecule has 1 N–H and O–H groups in total. The fourth-order valence-corrected chi connectivity index (χ4v) is 2.07. The number of nitrogens with one attached hydrogen (secondary N) is 1. The molecule has 0 aliphatic rings. The van der Waals surface area contributed by atoms with Crippen LogP contribution >= 0.6 is 0 Å². The van der Waals surface area contributed by atoms with Crippen LogP contribution in [0.25, 0.3) is 11.5 Å². The predicted molar refractivity (Wildman–Crippen MR) is 86.8 cm³/mol. The third-order valence-electron chi connectivity index (χ3n) is 3.26. The number of ether oxygens (including phenoxy) is 1. The third kappa shape index (κ3) is 3.43. The summed E-state index contributed by atoms with van der Waals surface area (Å²) >= 11 is 0. The topological polar surface area (TPSA) is 95.1 Å². The summed E-state index contributed by atoms with van der Waals surface area (Å²) in [5, 5.41) is 14.4. The number of aromatic nitrogens is 4. The minimum atomic E-state index is -0.399. The number of rotatable bonds is 6. The fraction of sp³-hybridized carbons (Fsp3) is 0.250. The molecule has 0 saturated carbocycles. The Labute approximate surface area is 138 Å². The van der Waals surface area contributed by atoms with Gasteiger partial charge in [0, 0.05) is 18.3 Å². The quantitative estimate of drug-likeness (QED) is 0.748. The van der Waals surface area contributed by atoms with Crippen LogP contribution in [-0.2, 0) is 6.54 Å². The van der Waals surface area contributed by atoms with Gasteiger partial charge in [-0.15, -0.1) is 5.10 Å². The van der Waals surface area contributed by atoms with Gasteiger partial charge in [-0.1, -0.05) is 5.10 Å². The summed E-state index contributed by atoms with van der Waals surface area (Å²) in [4.78, 5) is 12.1. The summed E-state index contributed by atoms with van der Waals surface area (Å²) in [6.07, 6.45) is 1.73. The van der Waals surface area contributed by atoms with Crippen LogP contribution in [0.1, 0.15) is 24.3 Å². The van der Waals surface area contributed by atoms with E-state index in [0.29, 0.717) is 19.0 Å². The summed E-state index contributed by atoms with van der Waals surface area (Å²) in [6.45, 7) is 5.15. The summed E-state index contributed by atoms with van der Waals surface area (Å²) in [5.74, 6) is 0.678. The Morgan fingerprint density at radius 2 is 2.00 bits per heavy atom. The van der Waals surface area contributed by atoms with E-state index in [1.54, 1.807) is 16.9 Å². The van der Waals surface area contributed by atoms with Gasteiger partial charge in [-0.25, -0.2) is 0 Å². The fourth-order valence-electron chi connectivity index (χ4n) is 2.07. The first-order chi connectivity index (χ1) is 11.7. The van der Waals surface area contributed by atoms with Crippen LogP contribution < -0.4 is 10.1 Å². The van der Waals surface area contributed by atoms with Crippen LogP contribution in [0.2, 0.25) is 0 Å². The van der Waals surface area contributed by atoms with Crippen molar-refractivity contribution in [3.8, 4) is 17.2 Å². The minimum Gasteiger partial charge on any atom is -0.494 e. The lowest BCUT2D eigenvalue weighted by Gasteiger charge is -2.02. The molecule has 8 heteroatoms. The minimum absolute atomic E-state index is 0.0231. The van der Waals surface area contributed by atoms with Crippen molar-refractivity contribution < 1.29 is 13.9 Å². The third-order valence-corrected chi connectivity index (χ3v) is 3.26. The number of carbonyl (C=O) groups is 1. The normalized spacial score (nSPS) is 10.6. The molecule has 124 valence electrons. The maximum atomic E-state index is 12.1. The average Bonchev–Trinajstić information content (AvgIpc) is 3.25. The number of benzene rings is 1. The van der Waals surface area contributed by atoms with Crippen molar-refractivity contribution in [3.05, 3.63) is 42.2 Å². The average molecular weight is 327 g/mol. The number of aryl methyl sites for hydroxylation is 1. The van der Waals surface area contributed by atoms with Crippen LogP contribution in [0.15, 0.2) is 40.9 Å². The first kappa shape index (κ1) is 15.7. The summed E-state index contributed by atoms with van der Waals surface area (Å²) in [7, 11) is 0. The lowest BCUT2D eigenvalue weighted by Crippen LogP contribution is -2.13. The van der Waals surface area contributed by atoms with Crippen LogP contribution in [0, 0.1) is 0 Å². The van der Waals surface area contributed by atoms with Crippen molar-refractivity contribution in [2.75, 3.05) is 11.9 Å². The molecular formula is C16H17N5O3. The first-order valence-electron chi connectivity index (χ1n) is 7.61. The molecule has 0 atom stereocenters. The van der Waals surface area contributed by atoms with Gasteiger partial charge in [0.15, 0.2) is 5.69 Å².